The molecule has 1 aliphatic rings. The largest absolute Gasteiger partial charge is 0.345 e. The molecule has 0 bridgehead atoms. The number of benzene rings is 1. The number of halogens is 2. The Labute approximate surface area is 122 Å². The molecule has 1 heterocycles. The van der Waals surface area contributed by atoms with Crippen LogP contribution < -0.4 is 10.2 Å². The molecule has 0 saturated carbocycles. The van der Waals surface area contributed by atoms with E-state index in [2.05, 4.69) is 37.2 Å². The molecule has 0 aliphatic carbocycles. The number of nitrogens with one attached hydrogen (secondary N) is 1. The fourth-order valence-corrected chi connectivity index (χ4v) is 2.67. The minimum Gasteiger partial charge on any atom is -0.345 e. The highest BCUT2D eigenvalue weighted by Crippen LogP contribution is 2.30. The third-order valence-corrected chi connectivity index (χ3v) is 3.94. The van der Waals surface area contributed by atoms with Gasteiger partial charge in [-0.05, 0) is 41.1 Å². The van der Waals surface area contributed by atoms with Gasteiger partial charge in [0.05, 0.1) is 5.69 Å². The van der Waals surface area contributed by atoms with Crippen molar-refractivity contribution in [3.63, 3.8) is 0 Å². The van der Waals surface area contributed by atoms with Crippen LogP contribution in [0.25, 0.3) is 0 Å². The summed E-state index contributed by atoms with van der Waals surface area (Å²) in [5.74, 6) is -0.191. The van der Waals surface area contributed by atoms with Gasteiger partial charge in [0.2, 0.25) is 11.8 Å². The van der Waals surface area contributed by atoms with Crippen LogP contribution in [-0.2, 0) is 9.59 Å². The molecule has 1 aromatic carbocycles. The number of hydrogen-bond donors (Lipinski definition) is 1. The third-order valence-electron chi connectivity index (χ3n) is 2.78. The second-order valence-electron chi connectivity index (χ2n) is 4.12. The topological polar surface area (TPSA) is 49.4 Å². The lowest BCUT2D eigenvalue weighted by molar-refractivity contribution is -0.125. The Morgan fingerprint density at radius 2 is 2.06 bits per heavy atom. The standard InChI is InChI=1S/C12H12Br2N2O2/c1-7-12(18)16(5-4-11(17)15-7)10-6-8(13)2-3-9(10)14/h2-3,6-7H,4-5H2,1H3,(H,15,17). The quantitative estimate of drug-likeness (QED) is 0.819. The number of rotatable bonds is 1. The Balaban J connectivity index is 2.38. The summed E-state index contributed by atoms with van der Waals surface area (Å²) in [6, 6.07) is 5.14. The highest BCUT2D eigenvalue weighted by molar-refractivity contribution is 9.11. The molecule has 1 N–H and O–H groups in total. The molecule has 1 fully saturated rings. The number of anilines is 1. The van der Waals surface area contributed by atoms with Gasteiger partial charge in [-0.25, -0.2) is 0 Å². The zero-order chi connectivity index (χ0) is 13.3. The Bertz CT molecular complexity index is 505. The molecule has 18 heavy (non-hydrogen) atoms. The van der Waals surface area contributed by atoms with E-state index in [4.69, 9.17) is 0 Å². The van der Waals surface area contributed by atoms with Crippen LogP contribution in [0.1, 0.15) is 13.3 Å². The van der Waals surface area contributed by atoms with Gasteiger partial charge in [-0.3, -0.25) is 9.59 Å². The van der Waals surface area contributed by atoms with Crippen LogP contribution >= 0.6 is 31.9 Å². The summed E-state index contributed by atoms with van der Waals surface area (Å²) in [7, 11) is 0. The van der Waals surface area contributed by atoms with Gasteiger partial charge in [0.15, 0.2) is 0 Å². The van der Waals surface area contributed by atoms with E-state index in [0.717, 1.165) is 14.6 Å². The zero-order valence-corrected chi connectivity index (χ0v) is 12.9. The van der Waals surface area contributed by atoms with Crippen molar-refractivity contribution in [1.82, 2.24) is 5.32 Å². The molecule has 1 atom stereocenters. The van der Waals surface area contributed by atoms with Crippen LogP contribution in [0.5, 0.6) is 0 Å². The summed E-state index contributed by atoms with van der Waals surface area (Å²) in [6.45, 7) is 2.09. The molecule has 0 aromatic heterocycles. The van der Waals surface area contributed by atoms with Crippen molar-refractivity contribution in [2.45, 2.75) is 19.4 Å². The zero-order valence-electron chi connectivity index (χ0n) is 9.74. The Morgan fingerprint density at radius 1 is 1.33 bits per heavy atom. The molecule has 1 aromatic rings. The van der Waals surface area contributed by atoms with Crippen molar-refractivity contribution >= 4 is 49.4 Å². The van der Waals surface area contributed by atoms with Gasteiger partial charge < -0.3 is 10.2 Å². The second-order valence-corrected chi connectivity index (χ2v) is 5.89. The SMILES string of the molecule is CC1NC(=O)CCN(c2cc(Br)ccc2Br)C1=O. The average Bonchev–Trinajstić information content (AvgIpc) is 2.44. The summed E-state index contributed by atoms with van der Waals surface area (Å²) in [6.07, 6.45) is 0.315. The van der Waals surface area contributed by atoms with Crippen LogP contribution in [0.15, 0.2) is 27.1 Å². The molecular weight excluding hydrogens is 364 g/mol. The normalized spacial score (nSPS) is 20.6. The van der Waals surface area contributed by atoms with Gasteiger partial charge in [0.1, 0.15) is 6.04 Å². The minimum atomic E-state index is -0.495. The van der Waals surface area contributed by atoms with Crippen LogP contribution in [-0.4, -0.2) is 24.4 Å². The maximum absolute atomic E-state index is 12.2. The average molecular weight is 376 g/mol. The first-order chi connectivity index (χ1) is 8.49. The first-order valence-electron chi connectivity index (χ1n) is 5.55. The van der Waals surface area contributed by atoms with E-state index < -0.39 is 6.04 Å². The lowest BCUT2D eigenvalue weighted by Gasteiger charge is -2.23. The molecule has 1 saturated heterocycles. The molecule has 0 radical (unpaired) electrons. The molecule has 1 aliphatic heterocycles. The highest BCUT2D eigenvalue weighted by Gasteiger charge is 2.28. The maximum atomic E-state index is 12.2. The van der Waals surface area contributed by atoms with Crippen LogP contribution in [0.4, 0.5) is 5.69 Å². The summed E-state index contributed by atoms with van der Waals surface area (Å²) < 4.78 is 1.73. The van der Waals surface area contributed by atoms with Gasteiger partial charge >= 0.3 is 0 Å². The van der Waals surface area contributed by atoms with Crippen LogP contribution in [0.2, 0.25) is 0 Å². The first-order valence-corrected chi connectivity index (χ1v) is 7.13. The van der Waals surface area contributed by atoms with Crippen LogP contribution in [0.3, 0.4) is 0 Å². The number of nitrogens with zero attached hydrogens (tertiary/aromatic N) is 1. The molecule has 1 unspecified atom stereocenters. The van der Waals surface area contributed by atoms with E-state index in [1.165, 1.54) is 0 Å². The predicted octanol–water partition coefficient (Wildman–Crippen LogP) is 2.45. The first kappa shape index (κ1) is 13.5. The van der Waals surface area contributed by atoms with Gasteiger partial charge in [0.25, 0.3) is 0 Å². The molecule has 4 nitrogen and oxygen atoms in total. The van der Waals surface area contributed by atoms with Crippen molar-refractivity contribution in [3.8, 4) is 0 Å². The van der Waals surface area contributed by atoms with E-state index in [9.17, 15) is 9.59 Å². The van der Waals surface area contributed by atoms with Gasteiger partial charge in [0, 0.05) is 21.9 Å². The van der Waals surface area contributed by atoms with Gasteiger partial charge in [-0.15, -0.1) is 0 Å². The maximum Gasteiger partial charge on any atom is 0.249 e. The monoisotopic (exact) mass is 374 g/mol. The Hall–Kier alpha value is -0.880. The van der Waals surface area contributed by atoms with Gasteiger partial charge in [-0.2, -0.15) is 0 Å². The van der Waals surface area contributed by atoms with E-state index in [1.807, 2.05) is 18.2 Å². The highest BCUT2D eigenvalue weighted by atomic mass is 79.9. The number of carbonyl (C=O) groups excluding carboxylic acids is 2. The number of hydrogen-bond acceptors (Lipinski definition) is 2. The molecule has 0 spiro atoms. The Kier molecular flexibility index (Phi) is 4.07. The Morgan fingerprint density at radius 3 is 2.78 bits per heavy atom. The fraction of sp³-hybridized carbons (Fsp3) is 0.333. The fourth-order valence-electron chi connectivity index (χ4n) is 1.86. The number of amides is 2. The van der Waals surface area contributed by atoms with Crippen molar-refractivity contribution < 1.29 is 9.59 Å². The number of carbonyl (C=O) groups is 2. The van der Waals surface area contributed by atoms with E-state index in [-0.39, 0.29) is 11.8 Å². The predicted molar refractivity (Wildman–Crippen MR) is 76.4 cm³/mol. The van der Waals surface area contributed by atoms with Crippen molar-refractivity contribution in [2.24, 2.45) is 0 Å². The summed E-state index contributed by atoms with van der Waals surface area (Å²) in [5.41, 5.74) is 0.776. The van der Waals surface area contributed by atoms with E-state index in [0.29, 0.717) is 13.0 Å². The third kappa shape index (κ3) is 2.75. The lowest BCUT2D eigenvalue weighted by atomic mass is 10.2. The summed E-state index contributed by atoms with van der Waals surface area (Å²) in [5, 5.41) is 2.67. The molecule has 2 rings (SSSR count). The lowest BCUT2D eigenvalue weighted by Crippen LogP contribution is -2.42. The van der Waals surface area contributed by atoms with Gasteiger partial charge in [-0.1, -0.05) is 15.9 Å². The molecular formula is C12H12Br2N2O2. The van der Waals surface area contributed by atoms with Crippen molar-refractivity contribution in [3.05, 3.63) is 27.1 Å². The van der Waals surface area contributed by atoms with Crippen LogP contribution in [0, 0.1) is 0 Å². The van der Waals surface area contributed by atoms with E-state index in [1.54, 1.807) is 11.8 Å². The van der Waals surface area contributed by atoms with E-state index >= 15 is 0 Å². The summed E-state index contributed by atoms with van der Waals surface area (Å²) >= 11 is 6.82. The minimum absolute atomic E-state index is 0.0931. The van der Waals surface area contributed by atoms with Crippen molar-refractivity contribution in [2.75, 3.05) is 11.4 Å². The molecule has 96 valence electrons. The second kappa shape index (κ2) is 5.40. The van der Waals surface area contributed by atoms with Crippen molar-refractivity contribution in [1.29, 1.82) is 0 Å². The molecule has 6 heteroatoms. The molecule has 2 amide bonds. The summed E-state index contributed by atoms with van der Waals surface area (Å²) in [4.78, 5) is 25.3. The smallest absolute Gasteiger partial charge is 0.249 e.